The van der Waals surface area contributed by atoms with Crippen molar-refractivity contribution in [3.63, 3.8) is 0 Å². The van der Waals surface area contributed by atoms with Crippen LogP contribution in [0.25, 0.3) is 0 Å². The highest BCUT2D eigenvalue weighted by atomic mass is 19.4. The van der Waals surface area contributed by atoms with Gasteiger partial charge in [-0.15, -0.1) is 0 Å². The van der Waals surface area contributed by atoms with E-state index in [0.717, 1.165) is 6.07 Å². The molecule has 0 bridgehead atoms. The number of aldehydes is 1. The Morgan fingerprint density at radius 1 is 1.30 bits per heavy atom. The molecular formula is C11H11F3N4O2. The van der Waals surface area contributed by atoms with Crippen LogP contribution in [0.15, 0.2) is 23.2 Å². The van der Waals surface area contributed by atoms with E-state index in [1.54, 1.807) is 0 Å². The molecule has 0 heterocycles. The minimum Gasteiger partial charge on any atom is -0.370 e. The highest BCUT2D eigenvalue weighted by molar-refractivity contribution is 5.96. The zero-order valence-corrected chi connectivity index (χ0v) is 10.1. The first-order valence-electron chi connectivity index (χ1n) is 5.28. The predicted molar refractivity (Wildman–Crippen MR) is 65.3 cm³/mol. The summed E-state index contributed by atoms with van der Waals surface area (Å²) in [5.74, 6) is -1.28. The SMILES string of the molecule is NC(N)=Nc1cc(C(=O)NCC=O)cc(C(F)(F)F)c1. The third-order valence-corrected chi connectivity index (χ3v) is 2.11. The van der Waals surface area contributed by atoms with E-state index in [-0.39, 0.29) is 17.8 Å². The summed E-state index contributed by atoms with van der Waals surface area (Å²) >= 11 is 0. The molecule has 1 aromatic rings. The quantitative estimate of drug-likeness (QED) is 0.426. The summed E-state index contributed by atoms with van der Waals surface area (Å²) in [7, 11) is 0. The zero-order chi connectivity index (χ0) is 15.3. The highest BCUT2D eigenvalue weighted by Gasteiger charge is 2.31. The van der Waals surface area contributed by atoms with Crippen LogP contribution in [0, 0.1) is 0 Å². The summed E-state index contributed by atoms with van der Waals surface area (Å²) in [5, 5.41) is 2.12. The third-order valence-electron chi connectivity index (χ3n) is 2.11. The maximum absolute atomic E-state index is 12.7. The number of nitrogens with two attached hydrogens (primary N) is 2. The average Bonchev–Trinajstić information content (AvgIpc) is 2.33. The second kappa shape index (κ2) is 6.04. The van der Waals surface area contributed by atoms with Gasteiger partial charge < -0.3 is 21.6 Å². The van der Waals surface area contributed by atoms with Crippen LogP contribution in [-0.2, 0) is 11.0 Å². The Labute approximate surface area is 111 Å². The first-order chi connectivity index (χ1) is 9.24. The molecule has 0 spiro atoms. The number of hydrogen-bond donors (Lipinski definition) is 3. The number of guanidine groups is 1. The van der Waals surface area contributed by atoms with E-state index in [0.29, 0.717) is 18.4 Å². The molecule has 1 rings (SSSR count). The molecule has 0 fully saturated rings. The van der Waals surface area contributed by atoms with Crippen molar-refractivity contribution >= 4 is 23.8 Å². The molecule has 6 nitrogen and oxygen atoms in total. The Kier molecular flexibility index (Phi) is 4.68. The molecule has 1 aromatic carbocycles. The summed E-state index contributed by atoms with van der Waals surface area (Å²) in [6.07, 6.45) is -4.25. The van der Waals surface area contributed by atoms with E-state index < -0.39 is 23.6 Å². The number of carbonyl (C=O) groups excluding carboxylic acids is 2. The Hall–Kier alpha value is -2.58. The first kappa shape index (κ1) is 15.5. The van der Waals surface area contributed by atoms with E-state index in [2.05, 4.69) is 10.3 Å². The van der Waals surface area contributed by atoms with Crippen molar-refractivity contribution in [3.05, 3.63) is 29.3 Å². The van der Waals surface area contributed by atoms with Gasteiger partial charge in [0, 0.05) is 5.56 Å². The molecule has 1 amide bonds. The maximum Gasteiger partial charge on any atom is 0.416 e. The van der Waals surface area contributed by atoms with Crippen LogP contribution in [0.5, 0.6) is 0 Å². The molecule has 0 aliphatic rings. The van der Waals surface area contributed by atoms with Gasteiger partial charge in [-0.05, 0) is 18.2 Å². The smallest absolute Gasteiger partial charge is 0.370 e. The van der Waals surface area contributed by atoms with Crippen molar-refractivity contribution in [2.75, 3.05) is 6.54 Å². The number of aliphatic imine (C=N–C) groups is 1. The van der Waals surface area contributed by atoms with Gasteiger partial charge in [0.05, 0.1) is 17.8 Å². The summed E-state index contributed by atoms with van der Waals surface area (Å²) in [6, 6.07) is 2.43. The van der Waals surface area contributed by atoms with E-state index in [9.17, 15) is 22.8 Å². The lowest BCUT2D eigenvalue weighted by atomic mass is 10.1. The third kappa shape index (κ3) is 4.26. The van der Waals surface area contributed by atoms with Crippen molar-refractivity contribution in [2.24, 2.45) is 16.5 Å². The number of nitrogens with one attached hydrogen (secondary N) is 1. The zero-order valence-electron chi connectivity index (χ0n) is 10.1. The normalized spacial score (nSPS) is 10.8. The number of hydrogen-bond acceptors (Lipinski definition) is 3. The Morgan fingerprint density at radius 3 is 2.45 bits per heavy atom. The molecule has 9 heteroatoms. The lowest BCUT2D eigenvalue weighted by Gasteiger charge is -2.10. The summed E-state index contributed by atoms with van der Waals surface area (Å²) < 4.78 is 38.1. The topological polar surface area (TPSA) is 111 Å². The van der Waals surface area contributed by atoms with Crippen LogP contribution in [0.1, 0.15) is 15.9 Å². The highest BCUT2D eigenvalue weighted by Crippen LogP contribution is 2.32. The van der Waals surface area contributed by atoms with Gasteiger partial charge in [0.25, 0.3) is 5.91 Å². The van der Waals surface area contributed by atoms with Gasteiger partial charge >= 0.3 is 6.18 Å². The standard InChI is InChI=1S/C11H11F3N4O2/c12-11(13,14)7-3-6(9(20)17-1-2-19)4-8(5-7)18-10(15)16/h2-5H,1H2,(H,17,20)(H4,15,16,18). The number of rotatable bonds is 4. The van der Waals surface area contributed by atoms with Gasteiger partial charge in [0.15, 0.2) is 5.96 Å². The lowest BCUT2D eigenvalue weighted by molar-refractivity contribution is -0.137. The molecule has 5 N–H and O–H groups in total. The largest absolute Gasteiger partial charge is 0.416 e. The molecule has 0 unspecified atom stereocenters. The van der Waals surface area contributed by atoms with E-state index >= 15 is 0 Å². The van der Waals surface area contributed by atoms with E-state index in [1.807, 2.05) is 0 Å². The minimum atomic E-state index is -4.66. The number of alkyl halides is 3. The van der Waals surface area contributed by atoms with Crippen molar-refractivity contribution in [1.82, 2.24) is 5.32 Å². The number of carbonyl (C=O) groups is 2. The fourth-order valence-corrected chi connectivity index (χ4v) is 1.36. The van der Waals surface area contributed by atoms with Crippen LogP contribution in [0.2, 0.25) is 0 Å². The molecule has 0 aliphatic heterocycles. The van der Waals surface area contributed by atoms with Gasteiger partial charge in [-0.1, -0.05) is 0 Å². The molecule has 0 aliphatic carbocycles. The fraction of sp³-hybridized carbons (Fsp3) is 0.182. The summed E-state index contributed by atoms with van der Waals surface area (Å²) in [6.45, 7) is -0.313. The average molecular weight is 288 g/mol. The fourth-order valence-electron chi connectivity index (χ4n) is 1.36. The van der Waals surface area contributed by atoms with E-state index in [1.165, 1.54) is 0 Å². The second-order valence-corrected chi connectivity index (χ2v) is 3.68. The lowest BCUT2D eigenvalue weighted by Crippen LogP contribution is -2.25. The molecule has 0 radical (unpaired) electrons. The molecule has 20 heavy (non-hydrogen) atoms. The number of benzene rings is 1. The Balaban J connectivity index is 3.26. The van der Waals surface area contributed by atoms with Gasteiger partial charge in [0.2, 0.25) is 0 Å². The van der Waals surface area contributed by atoms with Gasteiger partial charge in [-0.3, -0.25) is 4.79 Å². The molecule has 0 saturated heterocycles. The molecule has 0 atom stereocenters. The van der Waals surface area contributed by atoms with Crippen molar-refractivity contribution in [1.29, 1.82) is 0 Å². The van der Waals surface area contributed by atoms with Crippen molar-refractivity contribution in [3.8, 4) is 0 Å². The number of amides is 1. The van der Waals surface area contributed by atoms with Crippen molar-refractivity contribution in [2.45, 2.75) is 6.18 Å². The van der Waals surface area contributed by atoms with Gasteiger partial charge in [-0.2, -0.15) is 13.2 Å². The molecule has 0 aromatic heterocycles. The van der Waals surface area contributed by atoms with Crippen LogP contribution in [-0.4, -0.2) is 24.7 Å². The van der Waals surface area contributed by atoms with Crippen LogP contribution >= 0.6 is 0 Å². The van der Waals surface area contributed by atoms with E-state index in [4.69, 9.17) is 11.5 Å². The van der Waals surface area contributed by atoms with Gasteiger partial charge in [0.1, 0.15) is 6.29 Å². The first-order valence-corrected chi connectivity index (χ1v) is 5.28. The van der Waals surface area contributed by atoms with Gasteiger partial charge in [-0.25, -0.2) is 4.99 Å². The predicted octanol–water partition coefficient (Wildman–Crippen LogP) is 0.539. The maximum atomic E-state index is 12.7. The second-order valence-electron chi connectivity index (χ2n) is 3.68. The summed E-state index contributed by atoms with van der Waals surface area (Å²) in [4.78, 5) is 25.2. The van der Waals surface area contributed by atoms with Crippen molar-refractivity contribution < 1.29 is 22.8 Å². The minimum absolute atomic E-state index is 0.212. The number of halogens is 3. The molecule has 108 valence electrons. The van der Waals surface area contributed by atoms with Crippen LogP contribution in [0.3, 0.4) is 0 Å². The summed E-state index contributed by atoms with van der Waals surface area (Å²) in [5.41, 5.74) is 8.59. The van der Waals surface area contributed by atoms with Crippen LogP contribution in [0.4, 0.5) is 18.9 Å². The molecular weight excluding hydrogens is 277 g/mol. The monoisotopic (exact) mass is 288 g/mol. The number of nitrogens with zero attached hydrogens (tertiary/aromatic N) is 1. The molecule has 0 saturated carbocycles. The Bertz CT molecular complexity index is 551. The Morgan fingerprint density at radius 2 is 1.95 bits per heavy atom. The van der Waals surface area contributed by atoms with Crippen LogP contribution < -0.4 is 16.8 Å².